The minimum Gasteiger partial charge on any atom is -0.493 e. The summed E-state index contributed by atoms with van der Waals surface area (Å²) in [5.74, 6) is 1.59. The summed E-state index contributed by atoms with van der Waals surface area (Å²) in [5.41, 5.74) is 1.50. The number of ether oxygens (including phenoxy) is 2. The van der Waals surface area contributed by atoms with E-state index in [2.05, 4.69) is 46.0 Å². The zero-order valence-corrected chi connectivity index (χ0v) is 14.0. The van der Waals surface area contributed by atoms with Crippen molar-refractivity contribution in [1.29, 1.82) is 0 Å². The van der Waals surface area contributed by atoms with Crippen molar-refractivity contribution >= 4 is 0 Å². The van der Waals surface area contributed by atoms with E-state index in [1.54, 1.807) is 14.2 Å². The van der Waals surface area contributed by atoms with E-state index >= 15 is 0 Å². The predicted octanol–water partition coefficient (Wildman–Crippen LogP) is 4.01. The van der Waals surface area contributed by atoms with Crippen molar-refractivity contribution in [1.82, 2.24) is 5.32 Å². The fourth-order valence-corrected chi connectivity index (χ4v) is 2.82. The van der Waals surface area contributed by atoms with Crippen LogP contribution in [0.5, 0.6) is 11.5 Å². The molecule has 0 saturated heterocycles. The molecule has 114 valence electrons. The summed E-state index contributed by atoms with van der Waals surface area (Å²) in [6.07, 6.45) is 1.10. The largest absolute Gasteiger partial charge is 0.493 e. The van der Waals surface area contributed by atoms with Gasteiger partial charge in [-0.25, -0.2) is 0 Å². The highest BCUT2D eigenvalue weighted by Gasteiger charge is 2.25. The summed E-state index contributed by atoms with van der Waals surface area (Å²) in [6.45, 7) is 12.0. The zero-order chi connectivity index (χ0) is 15.4. The first-order chi connectivity index (χ1) is 9.18. The Morgan fingerprint density at radius 1 is 1.00 bits per heavy atom. The van der Waals surface area contributed by atoms with Gasteiger partial charge in [-0.3, -0.25) is 0 Å². The number of para-hydroxylation sites is 1. The summed E-state index contributed by atoms with van der Waals surface area (Å²) in [4.78, 5) is 0. The average Bonchev–Trinajstić information content (AvgIpc) is 2.32. The molecule has 3 heteroatoms. The maximum atomic E-state index is 5.47. The van der Waals surface area contributed by atoms with E-state index in [0.717, 1.165) is 30.0 Å². The smallest absolute Gasteiger partial charge is 0.165 e. The molecule has 20 heavy (non-hydrogen) atoms. The summed E-state index contributed by atoms with van der Waals surface area (Å²) in [5, 5.41) is 3.62. The Morgan fingerprint density at radius 2 is 1.65 bits per heavy atom. The van der Waals surface area contributed by atoms with Crippen molar-refractivity contribution in [2.75, 3.05) is 14.2 Å². The summed E-state index contributed by atoms with van der Waals surface area (Å²) in [6, 6.07) is 5.99. The molecular formula is C17H29NO2. The SMILES string of the molecule is COc1cccc(CNC(C)(C)CC(C)(C)C)c1OC. The van der Waals surface area contributed by atoms with E-state index in [1.807, 2.05) is 12.1 Å². The second kappa shape index (κ2) is 6.49. The van der Waals surface area contributed by atoms with E-state index < -0.39 is 0 Å². The number of methoxy groups -OCH3 is 2. The Labute approximate surface area is 123 Å². The van der Waals surface area contributed by atoms with Crippen LogP contribution in [0.25, 0.3) is 0 Å². The van der Waals surface area contributed by atoms with Gasteiger partial charge >= 0.3 is 0 Å². The van der Waals surface area contributed by atoms with Gasteiger partial charge in [0.1, 0.15) is 0 Å². The molecule has 0 aromatic heterocycles. The monoisotopic (exact) mass is 279 g/mol. The van der Waals surface area contributed by atoms with Crippen molar-refractivity contribution in [3.63, 3.8) is 0 Å². The molecule has 0 aliphatic rings. The third kappa shape index (κ3) is 5.04. The van der Waals surface area contributed by atoms with Gasteiger partial charge in [0.2, 0.25) is 0 Å². The normalized spacial score (nSPS) is 12.3. The van der Waals surface area contributed by atoms with Gasteiger partial charge < -0.3 is 14.8 Å². The van der Waals surface area contributed by atoms with Crippen LogP contribution in [0.1, 0.15) is 46.6 Å². The molecular weight excluding hydrogens is 250 g/mol. The number of benzene rings is 1. The van der Waals surface area contributed by atoms with Crippen LogP contribution in [-0.2, 0) is 6.54 Å². The average molecular weight is 279 g/mol. The van der Waals surface area contributed by atoms with Gasteiger partial charge in [-0.1, -0.05) is 32.9 Å². The molecule has 0 aliphatic carbocycles. The maximum absolute atomic E-state index is 5.47. The molecule has 0 saturated carbocycles. The molecule has 0 atom stereocenters. The lowest BCUT2D eigenvalue weighted by atomic mass is 9.82. The Kier molecular flexibility index (Phi) is 5.46. The molecule has 1 N–H and O–H groups in total. The van der Waals surface area contributed by atoms with Crippen molar-refractivity contribution in [3.8, 4) is 11.5 Å². The first-order valence-electron chi connectivity index (χ1n) is 7.13. The highest BCUT2D eigenvalue weighted by Crippen LogP contribution is 2.32. The molecule has 0 aliphatic heterocycles. The van der Waals surface area contributed by atoms with Crippen molar-refractivity contribution in [3.05, 3.63) is 23.8 Å². The first-order valence-corrected chi connectivity index (χ1v) is 7.13. The van der Waals surface area contributed by atoms with Crippen molar-refractivity contribution in [2.45, 2.75) is 53.1 Å². The molecule has 1 aromatic carbocycles. The third-order valence-corrected chi connectivity index (χ3v) is 3.21. The molecule has 0 heterocycles. The van der Waals surface area contributed by atoms with Gasteiger partial charge in [0.05, 0.1) is 14.2 Å². The minimum absolute atomic E-state index is 0.0757. The molecule has 0 radical (unpaired) electrons. The predicted molar refractivity (Wildman–Crippen MR) is 84.5 cm³/mol. The minimum atomic E-state index is 0.0757. The first kappa shape index (κ1) is 16.8. The Bertz CT molecular complexity index is 433. The van der Waals surface area contributed by atoms with E-state index in [4.69, 9.17) is 9.47 Å². The van der Waals surface area contributed by atoms with Gasteiger partial charge in [-0.2, -0.15) is 0 Å². The lowest BCUT2D eigenvalue weighted by Crippen LogP contribution is -2.41. The molecule has 3 nitrogen and oxygen atoms in total. The number of hydrogen-bond acceptors (Lipinski definition) is 3. The highest BCUT2D eigenvalue weighted by atomic mass is 16.5. The van der Waals surface area contributed by atoms with Gasteiger partial charge in [0, 0.05) is 17.6 Å². The Hall–Kier alpha value is -1.22. The Balaban J connectivity index is 2.79. The summed E-state index contributed by atoms with van der Waals surface area (Å²) >= 11 is 0. The maximum Gasteiger partial charge on any atom is 0.165 e. The van der Waals surface area contributed by atoms with Crippen LogP contribution in [-0.4, -0.2) is 19.8 Å². The van der Waals surface area contributed by atoms with Crippen LogP contribution in [0, 0.1) is 5.41 Å². The van der Waals surface area contributed by atoms with Crippen LogP contribution in [0.15, 0.2) is 18.2 Å². The second-order valence-electron chi connectivity index (χ2n) is 7.13. The van der Waals surface area contributed by atoms with E-state index in [-0.39, 0.29) is 5.54 Å². The standard InChI is InChI=1S/C17H29NO2/c1-16(2,3)12-17(4,5)18-11-13-9-8-10-14(19-6)15(13)20-7/h8-10,18H,11-12H2,1-7H3. The summed E-state index contributed by atoms with van der Waals surface area (Å²) < 4.78 is 10.8. The second-order valence-corrected chi connectivity index (χ2v) is 7.13. The van der Waals surface area contributed by atoms with E-state index in [9.17, 15) is 0 Å². The number of hydrogen-bond donors (Lipinski definition) is 1. The molecule has 0 spiro atoms. The lowest BCUT2D eigenvalue weighted by molar-refractivity contribution is 0.239. The quantitative estimate of drug-likeness (QED) is 0.853. The highest BCUT2D eigenvalue weighted by molar-refractivity contribution is 5.46. The lowest BCUT2D eigenvalue weighted by Gasteiger charge is -2.33. The van der Waals surface area contributed by atoms with Crippen LogP contribution < -0.4 is 14.8 Å². The van der Waals surface area contributed by atoms with Crippen LogP contribution >= 0.6 is 0 Å². The van der Waals surface area contributed by atoms with Crippen molar-refractivity contribution in [2.24, 2.45) is 5.41 Å². The van der Waals surface area contributed by atoms with Crippen LogP contribution in [0.2, 0.25) is 0 Å². The van der Waals surface area contributed by atoms with E-state index in [0.29, 0.717) is 5.41 Å². The Morgan fingerprint density at radius 3 is 2.15 bits per heavy atom. The zero-order valence-electron chi connectivity index (χ0n) is 14.0. The number of rotatable bonds is 6. The number of nitrogens with one attached hydrogen (secondary N) is 1. The van der Waals surface area contributed by atoms with E-state index in [1.165, 1.54) is 0 Å². The van der Waals surface area contributed by atoms with Gasteiger partial charge in [0.25, 0.3) is 0 Å². The molecule has 0 bridgehead atoms. The molecule has 1 rings (SSSR count). The molecule has 0 amide bonds. The van der Waals surface area contributed by atoms with Crippen LogP contribution in [0.3, 0.4) is 0 Å². The summed E-state index contributed by atoms with van der Waals surface area (Å²) in [7, 11) is 3.35. The fourth-order valence-electron chi connectivity index (χ4n) is 2.82. The molecule has 0 unspecified atom stereocenters. The third-order valence-electron chi connectivity index (χ3n) is 3.21. The topological polar surface area (TPSA) is 30.5 Å². The van der Waals surface area contributed by atoms with Gasteiger partial charge in [-0.15, -0.1) is 0 Å². The van der Waals surface area contributed by atoms with Gasteiger partial charge in [-0.05, 0) is 31.7 Å². The van der Waals surface area contributed by atoms with Gasteiger partial charge in [0.15, 0.2) is 11.5 Å². The molecule has 0 fully saturated rings. The molecule has 1 aromatic rings. The van der Waals surface area contributed by atoms with Crippen molar-refractivity contribution < 1.29 is 9.47 Å². The van der Waals surface area contributed by atoms with Crippen LogP contribution in [0.4, 0.5) is 0 Å². The fraction of sp³-hybridized carbons (Fsp3) is 0.647.